The molecule has 0 aromatic carbocycles. The number of ether oxygens (including phenoxy) is 1. The average Bonchev–Trinajstić information content (AvgIpc) is 2.14. The maximum atomic E-state index is 13.9. The summed E-state index contributed by atoms with van der Waals surface area (Å²) in [5.74, 6) is 0.520. The first-order valence-electron chi connectivity index (χ1n) is 4.15. The first-order chi connectivity index (χ1) is 6.26. The molecule has 2 heterocycles. The molecule has 1 saturated heterocycles. The largest absolute Gasteiger partial charge is 0.495 e. The number of hydrogen-bond donors (Lipinski definition) is 1. The van der Waals surface area contributed by atoms with Crippen molar-refractivity contribution in [3.63, 3.8) is 0 Å². The Balaban J connectivity index is 2.38. The van der Waals surface area contributed by atoms with Crippen LogP contribution in [0.1, 0.15) is 5.69 Å². The lowest BCUT2D eigenvalue weighted by Gasteiger charge is -2.34. The molecule has 1 aromatic heterocycles. The molecule has 0 amide bonds. The van der Waals surface area contributed by atoms with E-state index in [4.69, 9.17) is 4.74 Å². The number of pyridine rings is 1. The number of methoxy groups -OCH3 is 1. The van der Waals surface area contributed by atoms with Gasteiger partial charge in [0.2, 0.25) is 0 Å². The summed E-state index contributed by atoms with van der Waals surface area (Å²) < 4.78 is 18.9. The van der Waals surface area contributed by atoms with E-state index in [-0.39, 0.29) is 0 Å². The molecule has 4 heteroatoms. The average molecular weight is 182 g/mol. The quantitative estimate of drug-likeness (QED) is 0.736. The number of rotatable bonds is 2. The van der Waals surface area contributed by atoms with Crippen molar-refractivity contribution >= 4 is 0 Å². The molecule has 1 aliphatic heterocycles. The Bertz CT molecular complexity index is 312. The summed E-state index contributed by atoms with van der Waals surface area (Å²) in [7, 11) is 1.52. The lowest BCUT2D eigenvalue weighted by Crippen LogP contribution is -2.54. The van der Waals surface area contributed by atoms with E-state index in [0.717, 1.165) is 0 Å². The van der Waals surface area contributed by atoms with Crippen LogP contribution in [0.3, 0.4) is 0 Å². The van der Waals surface area contributed by atoms with Gasteiger partial charge in [-0.05, 0) is 12.1 Å². The molecule has 2 rings (SSSR count). The van der Waals surface area contributed by atoms with Gasteiger partial charge in [-0.15, -0.1) is 0 Å². The van der Waals surface area contributed by atoms with Gasteiger partial charge >= 0.3 is 0 Å². The number of nitrogens with zero attached hydrogens (tertiary/aromatic N) is 1. The Morgan fingerprint density at radius 3 is 2.92 bits per heavy atom. The zero-order valence-electron chi connectivity index (χ0n) is 7.38. The fraction of sp³-hybridized carbons (Fsp3) is 0.444. The first kappa shape index (κ1) is 8.44. The molecule has 13 heavy (non-hydrogen) atoms. The van der Waals surface area contributed by atoms with Gasteiger partial charge in [0.1, 0.15) is 11.4 Å². The molecule has 1 aliphatic rings. The minimum Gasteiger partial charge on any atom is -0.495 e. The van der Waals surface area contributed by atoms with Crippen LogP contribution in [0, 0.1) is 0 Å². The SMILES string of the molecule is COc1cccnc1C1(F)CNC1. The summed E-state index contributed by atoms with van der Waals surface area (Å²) in [6, 6.07) is 3.46. The Morgan fingerprint density at radius 2 is 2.38 bits per heavy atom. The van der Waals surface area contributed by atoms with Crippen LogP contribution in [0.15, 0.2) is 18.3 Å². The molecular formula is C9H11FN2O. The second-order valence-corrected chi connectivity index (χ2v) is 3.12. The monoisotopic (exact) mass is 182 g/mol. The van der Waals surface area contributed by atoms with E-state index in [1.165, 1.54) is 7.11 Å². The fourth-order valence-corrected chi connectivity index (χ4v) is 1.40. The maximum Gasteiger partial charge on any atom is 0.180 e. The molecule has 0 spiro atoms. The van der Waals surface area contributed by atoms with Crippen molar-refractivity contribution in [2.24, 2.45) is 0 Å². The van der Waals surface area contributed by atoms with E-state index in [2.05, 4.69) is 10.3 Å². The molecule has 70 valence electrons. The zero-order chi connectivity index (χ0) is 9.31. The predicted molar refractivity (Wildman–Crippen MR) is 46.4 cm³/mol. The molecule has 0 saturated carbocycles. The molecule has 0 bridgehead atoms. The summed E-state index contributed by atoms with van der Waals surface area (Å²) in [4.78, 5) is 4.00. The van der Waals surface area contributed by atoms with Crippen LogP contribution < -0.4 is 10.1 Å². The van der Waals surface area contributed by atoms with Crippen molar-refractivity contribution in [2.45, 2.75) is 5.67 Å². The summed E-state index contributed by atoms with van der Waals surface area (Å²) in [6.07, 6.45) is 1.58. The van der Waals surface area contributed by atoms with Crippen molar-refractivity contribution in [2.75, 3.05) is 20.2 Å². The number of nitrogens with one attached hydrogen (secondary N) is 1. The topological polar surface area (TPSA) is 34.1 Å². The van der Waals surface area contributed by atoms with Crippen LogP contribution in [0.4, 0.5) is 4.39 Å². The van der Waals surface area contributed by atoms with Crippen LogP contribution in [0.5, 0.6) is 5.75 Å². The van der Waals surface area contributed by atoms with Gasteiger partial charge in [-0.1, -0.05) is 0 Å². The van der Waals surface area contributed by atoms with E-state index < -0.39 is 5.67 Å². The summed E-state index contributed by atoms with van der Waals surface area (Å²) >= 11 is 0. The van der Waals surface area contributed by atoms with Crippen molar-refractivity contribution in [1.29, 1.82) is 0 Å². The highest BCUT2D eigenvalue weighted by molar-refractivity contribution is 5.34. The maximum absolute atomic E-state index is 13.9. The molecule has 1 aromatic rings. The molecule has 0 aliphatic carbocycles. The van der Waals surface area contributed by atoms with Crippen molar-refractivity contribution in [3.05, 3.63) is 24.0 Å². The second-order valence-electron chi connectivity index (χ2n) is 3.12. The Morgan fingerprint density at radius 1 is 1.62 bits per heavy atom. The molecular weight excluding hydrogens is 171 g/mol. The van der Waals surface area contributed by atoms with E-state index in [1.807, 2.05) is 0 Å². The van der Waals surface area contributed by atoms with Crippen LogP contribution in [0.2, 0.25) is 0 Å². The van der Waals surface area contributed by atoms with Crippen LogP contribution >= 0.6 is 0 Å². The zero-order valence-corrected chi connectivity index (χ0v) is 7.38. The Kier molecular flexibility index (Phi) is 1.92. The van der Waals surface area contributed by atoms with Crippen molar-refractivity contribution < 1.29 is 9.13 Å². The minimum absolute atomic E-state index is 0.320. The van der Waals surface area contributed by atoms with Gasteiger partial charge in [0.05, 0.1) is 7.11 Å². The van der Waals surface area contributed by atoms with Crippen molar-refractivity contribution in [3.8, 4) is 5.75 Å². The molecule has 3 nitrogen and oxygen atoms in total. The Hall–Kier alpha value is -1.16. The summed E-state index contributed by atoms with van der Waals surface area (Å²) in [6.45, 7) is 0.640. The van der Waals surface area contributed by atoms with Crippen molar-refractivity contribution in [1.82, 2.24) is 10.3 Å². The highest BCUT2D eigenvalue weighted by Gasteiger charge is 2.42. The van der Waals surface area contributed by atoms with Crippen LogP contribution in [-0.2, 0) is 5.67 Å². The van der Waals surface area contributed by atoms with E-state index in [9.17, 15) is 4.39 Å². The predicted octanol–water partition coefficient (Wildman–Crippen LogP) is 0.858. The van der Waals surface area contributed by atoms with E-state index >= 15 is 0 Å². The highest BCUT2D eigenvalue weighted by Crippen LogP contribution is 2.34. The van der Waals surface area contributed by atoms with Gasteiger partial charge in [0.25, 0.3) is 0 Å². The standard InChI is InChI=1S/C9H11FN2O/c1-13-7-3-2-4-12-8(7)9(10)5-11-6-9/h2-4,11H,5-6H2,1H3. The van der Waals surface area contributed by atoms with E-state index in [1.54, 1.807) is 18.3 Å². The number of halogens is 1. The van der Waals surface area contributed by atoms with Crippen LogP contribution in [-0.4, -0.2) is 25.2 Å². The number of hydrogen-bond acceptors (Lipinski definition) is 3. The van der Waals surface area contributed by atoms with Gasteiger partial charge in [-0.25, -0.2) is 4.39 Å². The van der Waals surface area contributed by atoms with Gasteiger partial charge in [-0.2, -0.15) is 0 Å². The summed E-state index contributed by atoms with van der Waals surface area (Å²) in [5.41, 5.74) is -0.941. The third-order valence-electron chi connectivity index (χ3n) is 2.23. The normalized spacial score (nSPS) is 19.2. The van der Waals surface area contributed by atoms with Gasteiger partial charge in [0.15, 0.2) is 5.67 Å². The van der Waals surface area contributed by atoms with E-state index in [0.29, 0.717) is 24.5 Å². The first-order valence-corrected chi connectivity index (χ1v) is 4.15. The smallest absolute Gasteiger partial charge is 0.180 e. The molecule has 0 atom stereocenters. The Labute approximate surface area is 75.9 Å². The lowest BCUT2D eigenvalue weighted by molar-refractivity contribution is 0.0805. The number of aromatic nitrogens is 1. The number of alkyl halides is 1. The molecule has 1 N–H and O–H groups in total. The molecule has 0 unspecified atom stereocenters. The second kappa shape index (κ2) is 2.96. The highest BCUT2D eigenvalue weighted by atomic mass is 19.1. The van der Waals surface area contributed by atoms with Gasteiger partial charge in [-0.3, -0.25) is 4.98 Å². The van der Waals surface area contributed by atoms with Gasteiger partial charge in [0, 0.05) is 19.3 Å². The minimum atomic E-state index is -1.34. The molecule has 1 fully saturated rings. The third-order valence-corrected chi connectivity index (χ3v) is 2.23. The third kappa shape index (κ3) is 1.27. The summed E-state index contributed by atoms with van der Waals surface area (Å²) in [5, 5.41) is 2.88. The van der Waals surface area contributed by atoms with Gasteiger partial charge < -0.3 is 10.1 Å². The fourth-order valence-electron chi connectivity index (χ4n) is 1.40. The lowest BCUT2D eigenvalue weighted by atomic mass is 9.94. The van der Waals surface area contributed by atoms with Crippen LogP contribution in [0.25, 0.3) is 0 Å². The molecule has 0 radical (unpaired) electrons.